The molecule has 0 atom stereocenters. The third-order valence-electron chi connectivity index (χ3n) is 4.36. The van der Waals surface area contributed by atoms with Crippen molar-refractivity contribution >= 4 is 22.9 Å². The number of nitrogens with one attached hydrogen (secondary N) is 1. The number of nitriles is 1. The zero-order valence-electron chi connectivity index (χ0n) is 16.4. The van der Waals surface area contributed by atoms with Gasteiger partial charge in [-0.3, -0.25) is 9.59 Å². The Hall–Kier alpha value is -3.51. The zero-order chi connectivity index (χ0) is 21.1. The molecule has 1 amide bonds. The Kier molecular flexibility index (Phi) is 5.75. The Labute approximate surface area is 171 Å². The first-order chi connectivity index (χ1) is 13.8. The molecule has 0 unspecified atom stereocenters. The van der Waals surface area contributed by atoms with E-state index in [1.54, 1.807) is 38.2 Å². The van der Waals surface area contributed by atoms with E-state index in [0.717, 1.165) is 11.3 Å². The minimum Gasteiger partial charge on any atom is -0.479 e. The number of aromatic nitrogens is 3. The van der Waals surface area contributed by atoms with Gasteiger partial charge >= 0.3 is 0 Å². The van der Waals surface area contributed by atoms with Gasteiger partial charge in [-0.05, 0) is 50.6 Å². The van der Waals surface area contributed by atoms with Crippen LogP contribution in [0.2, 0.25) is 0 Å². The molecule has 0 bridgehead atoms. The predicted octanol–water partition coefficient (Wildman–Crippen LogP) is 2.98. The van der Waals surface area contributed by atoms with Gasteiger partial charge in [0.1, 0.15) is 21.7 Å². The third-order valence-corrected chi connectivity index (χ3v) is 5.53. The Morgan fingerprint density at radius 2 is 1.93 bits per heavy atom. The summed E-state index contributed by atoms with van der Waals surface area (Å²) in [7, 11) is 1.59. The minimum atomic E-state index is -0.308. The van der Waals surface area contributed by atoms with Crippen LogP contribution in [-0.2, 0) is 7.05 Å². The summed E-state index contributed by atoms with van der Waals surface area (Å²) in [5, 5.41) is 16.0. The molecule has 1 N–H and O–H groups in total. The number of nitrogens with zero attached hydrogens (tertiary/aromatic N) is 4. The first-order valence-corrected chi connectivity index (χ1v) is 9.57. The Balaban J connectivity index is 1.87. The molecule has 2 heterocycles. The molecule has 29 heavy (non-hydrogen) atoms. The van der Waals surface area contributed by atoms with E-state index in [-0.39, 0.29) is 18.1 Å². The van der Waals surface area contributed by atoms with E-state index in [4.69, 9.17) is 10.00 Å². The van der Waals surface area contributed by atoms with Crippen molar-refractivity contribution in [2.24, 2.45) is 7.05 Å². The highest BCUT2D eigenvalue weighted by molar-refractivity contribution is 7.17. The summed E-state index contributed by atoms with van der Waals surface area (Å²) in [6.45, 7) is 5.35. The van der Waals surface area contributed by atoms with Crippen molar-refractivity contribution in [3.05, 3.63) is 56.4 Å². The highest BCUT2D eigenvalue weighted by Gasteiger charge is 2.21. The van der Waals surface area contributed by atoms with E-state index in [9.17, 15) is 9.59 Å². The van der Waals surface area contributed by atoms with E-state index in [0.29, 0.717) is 32.6 Å². The summed E-state index contributed by atoms with van der Waals surface area (Å²) in [5.41, 5.74) is 2.84. The van der Waals surface area contributed by atoms with E-state index < -0.39 is 0 Å². The van der Waals surface area contributed by atoms with Crippen molar-refractivity contribution in [1.82, 2.24) is 14.8 Å². The fourth-order valence-electron chi connectivity index (χ4n) is 2.75. The molecule has 3 aromatic rings. The summed E-state index contributed by atoms with van der Waals surface area (Å²) in [5.74, 6) is 0.234. The van der Waals surface area contributed by atoms with Crippen LogP contribution >= 0.6 is 11.3 Å². The number of anilines is 1. The first kappa shape index (κ1) is 20.2. The highest BCUT2D eigenvalue weighted by Crippen LogP contribution is 2.29. The molecule has 0 aliphatic carbocycles. The van der Waals surface area contributed by atoms with Crippen molar-refractivity contribution in [2.45, 2.75) is 20.8 Å². The molecule has 0 aliphatic rings. The fourth-order valence-corrected chi connectivity index (χ4v) is 3.81. The number of hydrogen-bond acceptors (Lipinski definition) is 7. The molecule has 0 saturated carbocycles. The third kappa shape index (κ3) is 4.17. The number of aryl methyl sites for hydroxylation is 3. The number of benzene rings is 1. The van der Waals surface area contributed by atoms with Crippen molar-refractivity contribution < 1.29 is 9.53 Å². The first-order valence-electron chi connectivity index (χ1n) is 8.75. The molecule has 148 valence electrons. The molecule has 3 rings (SSSR count). The molecule has 1 aromatic carbocycles. The Bertz CT molecular complexity index is 1170. The van der Waals surface area contributed by atoms with Gasteiger partial charge in [0, 0.05) is 12.7 Å². The maximum atomic E-state index is 12.7. The quantitative estimate of drug-likeness (QED) is 0.694. The Morgan fingerprint density at radius 1 is 1.24 bits per heavy atom. The number of carbonyl (C=O) groups is 1. The average molecular weight is 409 g/mol. The van der Waals surface area contributed by atoms with Gasteiger partial charge in [-0.25, -0.2) is 9.67 Å². The molecule has 0 aliphatic heterocycles. The van der Waals surface area contributed by atoms with Gasteiger partial charge in [0.05, 0.1) is 17.0 Å². The molecule has 0 saturated heterocycles. The molecule has 0 spiro atoms. The number of rotatable bonds is 5. The van der Waals surface area contributed by atoms with Gasteiger partial charge in [-0.2, -0.15) is 10.4 Å². The maximum absolute atomic E-state index is 12.7. The lowest BCUT2D eigenvalue weighted by atomic mass is 10.1. The molecule has 0 fully saturated rings. The minimum absolute atomic E-state index is 0.0398. The van der Waals surface area contributed by atoms with E-state index in [2.05, 4.69) is 15.4 Å². The number of amides is 1. The van der Waals surface area contributed by atoms with Crippen LogP contribution in [0.1, 0.15) is 26.6 Å². The van der Waals surface area contributed by atoms with Crippen LogP contribution in [0.15, 0.2) is 29.1 Å². The molecule has 9 heteroatoms. The lowest BCUT2D eigenvalue weighted by Gasteiger charge is -2.07. The zero-order valence-corrected chi connectivity index (χ0v) is 17.3. The second-order valence-electron chi connectivity index (χ2n) is 6.37. The maximum Gasteiger partial charge on any atom is 0.277 e. The van der Waals surface area contributed by atoms with Crippen molar-refractivity contribution in [3.63, 3.8) is 0 Å². The predicted molar refractivity (Wildman–Crippen MR) is 110 cm³/mol. The molecule has 0 radical (unpaired) electrons. The Morgan fingerprint density at radius 3 is 2.59 bits per heavy atom. The van der Waals surface area contributed by atoms with Crippen LogP contribution in [0.4, 0.5) is 5.69 Å². The smallest absolute Gasteiger partial charge is 0.277 e. The van der Waals surface area contributed by atoms with Gasteiger partial charge in [0.25, 0.3) is 11.5 Å². The summed E-state index contributed by atoms with van der Waals surface area (Å²) >= 11 is 1.17. The van der Waals surface area contributed by atoms with Gasteiger partial charge in [-0.15, -0.1) is 11.3 Å². The second-order valence-corrected chi connectivity index (χ2v) is 7.37. The molecule has 8 nitrogen and oxygen atoms in total. The SMILES string of the molecule is Cc1nc(-c2c(C)c(C)nn(C)c2=O)sc1C(=O)Nc1ccc(OCC#N)cc1. The van der Waals surface area contributed by atoms with Crippen LogP contribution in [0.25, 0.3) is 10.6 Å². The van der Waals surface area contributed by atoms with Crippen LogP contribution in [0, 0.1) is 32.1 Å². The summed E-state index contributed by atoms with van der Waals surface area (Å²) in [6, 6.07) is 8.62. The van der Waals surface area contributed by atoms with Gasteiger partial charge in [0.15, 0.2) is 6.61 Å². The normalized spacial score (nSPS) is 10.4. The van der Waals surface area contributed by atoms with Crippen LogP contribution in [0.5, 0.6) is 5.75 Å². The van der Waals surface area contributed by atoms with Crippen LogP contribution < -0.4 is 15.6 Å². The number of hydrogen-bond donors (Lipinski definition) is 1. The fraction of sp³-hybridized carbons (Fsp3) is 0.250. The van der Waals surface area contributed by atoms with E-state index >= 15 is 0 Å². The average Bonchev–Trinajstić information content (AvgIpc) is 3.07. The molecular formula is C20H19N5O3S. The summed E-state index contributed by atoms with van der Waals surface area (Å²) < 4.78 is 6.48. The van der Waals surface area contributed by atoms with Crippen molar-refractivity contribution in [1.29, 1.82) is 5.26 Å². The van der Waals surface area contributed by atoms with E-state index in [1.165, 1.54) is 16.0 Å². The summed E-state index contributed by atoms with van der Waals surface area (Å²) in [4.78, 5) is 30.2. The lowest BCUT2D eigenvalue weighted by molar-refractivity contribution is 0.103. The van der Waals surface area contributed by atoms with E-state index in [1.807, 2.05) is 19.9 Å². The van der Waals surface area contributed by atoms with Crippen LogP contribution in [-0.4, -0.2) is 27.3 Å². The standard InChI is InChI=1S/C20H19N5O3S/c1-11-12(2)24-25(4)20(27)16(11)19-22-13(3)17(29-19)18(26)23-14-5-7-15(8-6-14)28-10-9-21/h5-8H,10H2,1-4H3,(H,23,26). The number of ether oxygens (including phenoxy) is 1. The summed E-state index contributed by atoms with van der Waals surface area (Å²) in [6.07, 6.45) is 0. The largest absolute Gasteiger partial charge is 0.479 e. The van der Waals surface area contributed by atoms with Crippen LogP contribution in [0.3, 0.4) is 0 Å². The lowest BCUT2D eigenvalue weighted by Crippen LogP contribution is -2.23. The van der Waals surface area contributed by atoms with Crippen molar-refractivity contribution in [3.8, 4) is 22.4 Å². The molecule has 2 aromatic heterocycles. The topological polar surface area (TPSA) is 110 Å². The number of thiazole rings is 1. The monoisotopic (exact) mass is 409 g/mol. The van der Waals surface area contributed by atoms with Crippen molar-refractivity contribution in [2.75, 3.05) is 11.9 Å². The second kappa shape index (κ2) is 8.24. The molecular weight excluding hydrogens is 390 g/mol. The van der Waals surface area contributed by atoms with Gasteiger partial charge < -0.3 is 10.1 Å². The number of carbonyl (C=O) groups excluding carboxylic acids is 1. The van der Waals surface area contributed by atoms with Gasteiger partial charge in [0.2, 0.25) is 0 Å². The highest BCUT2D eigenvalue weighted by atomic mass is 32.1. The van der Waals surface area contributed by atoms with Gasteiger partial charge in [-0.1, -0.05) is 0 Å².